The number of nitrogens with zero attached hydrogens (tertiary/aromatic N) is 1. The molecule has 0 saturated heterocycles. The van der Waals surface area contributed by atoms with Gasteiger partial charge in [-0.05, 0) is 43.7 Å². The van der Waals surface area contributed by atoms with Crippen molar-refractivity contribution in [2.24, 2.45) is 0 Å². The molecule has 0 unspecified atom stereocenters. The zero-order chi connectivity index (χ0) is 15.1. The van der Waals surface area contributed by atoms with Gasteiger partial charge in [0, 0.05) is 34.5 Å². The lowest BCUT2D eigenvalue weighted by atomic mass is 10.1. The first kappa shape index (κ1) is 16.0. The van der Waals surface area contributed by atoms with Crippen LogP contribution in [-0.4, -0.2) is 11.5 Å². The first-order valence-electron chi connectivity index (χ1n) is 7.22. The van der Waals surface area contributed by atoms with Crippen molar-refractivity contribution >= 4 is 15.9 Å². The quantitative estimate of drug-likeness (QED) is 0.760. The number of rotatable bonds is 7. The number of benzene rings is 1. The Kier molecular flexibility index (Phi) is 6.21. The van der Waals surface area contributed by atoms with Crippen LogP contribution in [0.1, 0.15) is 30.0 Å². The maximum atomic E-state index is 6.04. The molecule has 112 valence electrons. The van der Waals surface area contributed by atoms with E-state index in [0.717, 1.165) is 40.9 Å². The van der Waals surface area contributed by atoms with Crippen molar-refractivity contribution < 1.29 is 4.74 Å². The van der Waals surface area contributed by atoms with Crippen molar-refractivity contribution in [1.29, 1.82) is 0 Å². The average molecular weight is 349 g/mol. The van der Waals surface area contributed by atoms with E-state index in [-0.39, 0.29) is 0 Å². The van der Waals surface area contributed by atoms with Crippen LogP contribution in [0.2, 0.25) is 0 Å². The fourth-order valence-electron chi connectivity index (χ4n) is 2.18. The fraction of sp³-hybridized carbons (Fsp3) is 0.353. The summed E-state index contributed by atoms with van der Waals surface area (Å²) in [7, 11) is 0. The number of hydrogen-bond acceptors (Lipinski definition) is 3. The van der Waals surface area contributed by atoms with Crippen molar-refractivity contribution in [1.82, 2.24) is 10.3 Å². The van der Waals surface area contributed by atoms with E-state index < -0.39 is 0 Å². The Morgan fingerprint density at radius 2 is 2.19 bits per heavy atom. The normalized spacial score (nSPS) is 10.6. The summed E-state index contributed by atoms with van der Waals surface area (Å²) in [5.74, 6) is 0.964. The second kappa shape index (κ2) is 8.15. The lowest BCUT2D eigenvalue weighted by molar-refractivity contribution is 0.299. The van der Waals surface area contributed by atoms with Gasteiger partial charge in [-0.25, -0.2) is 0 Å². The summed E-state index contributed by atoms with van der Waals surface area (Å²) in [6, 6.07) is 8.16. The van der Waals surface area contributed by atoms with Crippen LogP contribution in [0.4, 0.5) is 0 Å². The van der Waals surface area contributed by atoms with Crippen LogP contribution in [0.5, 0.6) is 5.75 Å². The minimum Gasteiger partial charge on any atom is -0.488 e. The highest BCUT2D eigenvalue weighted by atomic mass is 79.9. The summed E-state index contributed by atoms with van der Waals surface area (Å²) in [6.07, 6.45) is 4.73. The standard InChI is InChI=1S/C17H21BrN2O/c1-3-6-19-11-15-9-16(18)8-13(2)17(15)21-12-14-5-4-7-20-10-14/h4-5,7-10,19H,3,6,11-12H2,1-2H3. The van der Waals surface area contributed by atoms with E-state index in [1.165, 1.54) is 5.56 Å². The van der Waals surface area contributed by atoms with Crippen LogP contribution in [0, 0.1) is 6.92 Å². The van der Waals surface area contributed by atoms with Gasteiger partial charge in [-0.2, -0.15) is 0 Å². The zero-order valence-corrected chi connectivity index (χ0v) is 14.1. The van der Waals surface area contributed by atoms with E-state index in [0.29, 0.717) is 6.61 Å². The Bertz CT molecular complexity index is 573. The maximum absolute atomic E-state index is 6.04. The molecule has 0 fully saturated rings. The van der Waals surface area contributed by atoms with Gasteiger partial charge in [0.15, 0.2) is 0 Å². The van der Waals surface area contributed by atoms with Gasteiger partial charge in [-0.3, -0.25) is 4.98 Å². The highest BCUT2D eigenvalue weighted by molar-refractivity contribution is 9.10. The summed E-state index contributed by atoms with van der Waals surface area (Å²) in [5.41, 5.74) is 3.40. The Balaban J connectivity index is 2.12. The molecule has 2 aromatic rings. The molecule has 21 heavy (non-hydrogen) atoms. The van der Waals surface area contributed by atoms with Gasteiger partial charge in [-0.15, -0.1) is 0 Å². The molecule has 4 heteroatoms. The average Bonchev–Trinajstić information content (AvgIpc) is 2.47. The number of pyridine rings is 1. The molecule has 0 bridgehead atoms. The van der Waals surface area contributed by atoms with E-state index in [1.54, 1.807) is 6.20 Å². The van der Waals surface area contributed by atoms with E-state index >= 15 is 0 Å². The van der Waals surface area contributed by atoms with Crippen molar-refractivity contribution in [3.8, 4) is 5.75 Å². The number of ether oxygens (including phenoxy) is 1. The molecule has 1 aromatic carbocycles. The third-order valence-electron chi connectivity index (χ3n) is 3.16. The van der Waals surface area contributed by atoms with Crippen molar-refractivity contribution in [2.75, 3.05) is 6.54 Å². The molecule has 1 heterocycles. The van der Waals surface area contributed by atoms with Gasteiger partial charge in [0.05, 0.1) is 0 Å². The SMILES string of the molecule is CCCNCc1cc(Br)cc(C)c1OCc1cccnc1. The second-order valence-electron chi connectivity index (χ2n) is 5.04. The first-order chi connectivity index (χ1) is 10.2. The van der Waals surface area contributed by atoms with Gasteiger partial charge in [-0.1, -0.05) is 28.9 Å². The second-order valence-corrected chi connectivity index (χ2v) is 5.95. The molecule has 1 N–H and O–H groups in total. The third-order valence-corrected chi connectivity index (χ3v) is 3.62. The molecule has 0 aliphatic carbocycles. The minimum atomic E-state index is 0.539. The molecular formula is C17H21BrN2O. The minimum absolute atomic E-state index is 0.539. The predicted molar refractivity (Wildman–Crippen MR) is 89.4 cm³/mol. The van der Waals surface area contributed by atoms with Crippen LogP contribution in [0.25, 0.3) is 0 Å². The molecule has 0 saturated carbocycles. The lowest BCUT2D eigenvalue weighted by Crippen LogP contribution is -2.15. The molecule has 0 radical (unpaired) electrons. The molecule has 0 atom stereocenters. The van der Waals surface area contributed by atoms with Crippen molar-refractivity contribution in [3.05, 3.63) is 57.8 Å². The zero-order valence-electron chi connectivity index (χ0n) is 12.5. The largest absolute Gasteiger partial charge is 0.488 e. The highest BCUT2D eigenvalue weighted by Gasteiger charge is 2.09. The number of nitrogens with one attached hydrogen (secondary N) is 1. The molecule has 2 rings (SSSR count). The van der Waals surface area contributed by atoms with Crippen LogP contribution in [0.3, 0.4) is 0 Å². The lowest BCUT2D eigenvalue weighted by Gasteiger charge is -2.15. The molecule has 3 nitrogen and oxygen atoms in total. The summed E-state index contributed by atoms with van der Waals surface area (Å²) in [6.45, 7) is 6.60. The van der Waals surface area contributed by atoms with Gasteiger partial charge in [0.25, 0.3) is 0 Å². The topological polar surface area (TPSA) is 34.1 Å². The van der Waals surface area contributed by atoms with Gasteiger partial charge in [0.2, 0.25) is 0 Å². The first-order valence-corrected chi connectivity index (χ1v) is 8.01. The number of hydrogen-bond donors (Lipinski definition) is 1. The fourth-order valence-corrected chi connectivity index (χ4v) is 2.80. The molecule has 0 aliphatic heterocycles. The van der Waals surface area contributed by atoms with Gasteiger partial charge >= 0.3 is 0 Å². The van der Waals surface area contributed by atoms with E-state index in [1.807, 2.05) is 18.3 Å². The van der Waals surface area contributed by atoms with Crippen molar-refractivity contribution in [3.63, 3.8) is 0 Å². The molecule has 1 aromatic heterocycles. The monoisotopic (exact) mass is 348 g/mol. The van der Waals surface area contributed by atoms with E-state index in [4.69, 9.17) is 4.74 Å². The summed E-state index contributed by atoms with van der Waals surface area (Å²) < 4.78 is 7.12. The van der Waals surface area contributed by atoms with Gasteiger partial charge in [0.1, 0.15) is 12.4 Å². The van der Waals surface area contributed by atoms with Crippen molar-refractivity contribution in [2.45, 2.75) is 33.4 Å². The summed E-state index contributed by atoms with van der Waals surface area (Å²) >= 11 is 3.56. The van der Waals surface area contributed by atoms with Crippen LogP contribution < -0.4 is 10.1 Å². The molecule has 0 spiro atoms. The number of aryl methyl sites for hydroxylation is 1. The summed E-state index contributed by atoms with van der Waals surface area (Å²) in [4.78, 5) is 4.12. The number of halogens is 1. The molecular weight excluding hydrogens is 328 g/mol. The van der Waals surface area contributed by atoms with Crippen LogP contribution in [0.15, 0.2) is 41.1 Å². The Morgan fingerprint density at radius 1 is 1.33 bits per heavy atom. The van der Waals surface area contributed by atoms with Crippen LogP contribution >= 0.6 is 15.9 Å². The summed E-state index contributed by atoms with van der Waals surface area (Å²) in [5, 5.41) is 3.43. The molecule has 0 amide bonds. The Hall–Kier alpha value is -1.39. The predicted octanol–water partition coefficient (Wildman–Crippen LogP) is 4.23. The van der Waals surface area contributed by atoms with Crippen LogP contribution in [-0.2, 0) is 13.2 Å². The van der Waals surface area contributed by atoms with E-state index in [9.17, 15) is 0 Å². The Labute approximate surface area is 134 Å². The highest BCUT2D eigenvalue weighted by Crippen LogP contribution is 2.28. The number of aromatic nitrogens is 1. The maximum Gasteiger partial charge on any atom is 0.127 e. The van der Waals surface area contributed by atoms with Gasteiger partial charge < -0.3 is 10.1 Å². The third kappa shape index (κ3) is 4.83. The smallest absolute Gasteiger partial charge is 0.127 e. The molecule has 0 aliphatic rings. The van der Waals surface area contributed by atoms with E-state index in [2.05, 4.69) is 52.2 Å². The Morgan fingerprint density at radius 3 is 2.90 bits per heavy atom.